The van der Waals surface area contributed by atoms with Gasteiger partial charge in [0, 0.05) is 56.3 Å². The van der Waals surface area contributed by atoms with E-state index in [0.717, 1.165) is 70.7 Å². The van der Waals surface area contributed by atoms with Gasteiger partial charge in [0.05, 0.1) is 12.7 Å². The van der Waals surface area contributed by atoms with Gasteiger partial charge in [0.2, 0.25) is 0 Å². The molecule has 47 heavy (non-hydrogen) atoms. The number of aromatic nitrogens is 1. The first-order chi connectivity index (χ1) is 22.5. The van der Waals surface area contributed by atoms with Gasteiger partial charge in [-0.15, -0.1) is 0 Å². The van der Waals surface area contributed by atoms with Crippen molar-refractivity contribution in [2.75, 3.05) is 26.1 Å². The number of aryl methyl sites for hydroxylation is 1. The van der Waals surface area contributed by atoms with Crippen LogP contribution in [0.5, 0.6) is 5.75 Å². The number of hydrogen-bond acceptors (Lipinski definition) is 9. The largest absolute Gasteiger partial charge is 0.493 e. The lowest BCUT2D eigenvalue weighted by Gasteiger charge is -2.32. The lowest BCUT2D eigenvalue weighted by Crippen LogP contribution is -2.51. The van der Waals surface area contributed by atoms with Crippen LogP contribution < -0.4 is 15.8 Å². The molecule has 1 aliphatic carbocycles. The van der Waals surface area contributed by atoms with Crippen molar-refractivity contribution in [3.8, 4) is 16.9 Å². The minimum Gasteiger partial charge on any atom is -0.493 e. The molecule has 3 fully saturated rings. The second-order valence-electron chi connectivity index (χ2n) is 13.1. The maximum absolute atomic E-state index is 15.2. The van der Waals surface area contributed by atoms with Gasteiger partial charge >= 0.3 is 0 Å². The minimum absolute atomic E-state index is 0.0618. The summed E-state index contributed by atoms with van der Waals surface area (Å²) in [4.78, 5) is 31.3. The number of ether oxygens (including phenoxy) is 4. The molecule has 1 saturated carbocycles. The molecule has 2 aromatic rings. The molecule has 3 atom stereocenters. The average Bonchev–Trinajstić information content (AvgIpc) is 3.06. The van der Waals surface area contributed by atoms with Crippen LogP contribution in [0.25, 0.3) is 11.1 Å². The molecule has 1 N–H and O–H groups in total. The van der Waals surface area contributed by atoms with Crippen molar-refractivity contribution < 1.29 is 41.4 Å². The highest BCUT2D eigenvalue weighted by atomic mass is 32.2. The molecular formula is C34H47FN2O9S. The Hall–Kier alpha value is -2.84. The third-order valence-corrected chi connectivity index (χ3v) is 11.6. The SMILES string of the molecule is C[C@@](CCn1ccc(-c2ccc(OC[C@H]3CC[C@H](OC4CCCCO4)CC3)cc2F)cc1=O)(C(=O)NOC1CCCCO1)S(C)(=O)=O. The molecule has 1 amide bonds. The third-order valence-electron chi connectivity index (χ3n) is 9.56. The van der Waals surface area contributed by atoms with Crippen LogP contribution in [0.1, 0.15) is 77.6 Å². The number of nitrogens with zero attached hydrogens (tertiary/aromatic N) is 1. The van der Waals surface area contributed by atoms with Crippen LogP contribution >= 0.6 is 0 Å². The monoisotopic (exact) mass is 678 g/mol. The zero-order valence-corrected chi connectivity index (χ0v) is 28.1. The first kappa shape index (κ1) is 35.5. The number of carbonyl (C=O) groups is 1. The van der Waals surface area contributed by atoms with Gasteiger partial charge in [-0.05, 0) is 101 Å². The van der Waals surface area contributed by atoms with E-state index in [1.54, 1.807) is 18.2 Å². The van der Waals surface area contributed by atoms with Gasteiger partial charge in [0.15, 0.2) is 27.2 Å². The first-order valence-corrected chi connectivity index (χ1v) is 18.6. The van der Waals surface area contributed by atoms with Crippen molar-refractivity contribution >= 4 is 15.7 Å². The summed E-state index contributed by atoms with van der Waals surface area (Å²) in [5.74, 6) is -0.570. The Balaban J connectivity index is 1.13. The maximum atomic E-state index is 15.2. The summed E-state index contributed by atoms with van der Waals surface area (Å²) in [5, 5.41) is 0. The Morgan fingerprint density at radius 1 is 1.00 bits per heavy atom. The third kappa shape index (κ3) is 9.41. The second kappa shape index (κ2) is 16.0. The lowest BCUT2D eigenvalue weighted by atomic mass is 9.88. The number of nitrogens with one attached hydrogen (secondary N) is 1. The number of sulfone groups is 1. The summed E-state index contributed by atoms with van der Waals surface area (Å²) < 4.78 is 63.2. The van der Waals surface area contributed by atoms with Gasteiger partial charge < -0.3 is 23.5 Å². The molecule has 0 radical (unpaired) electrons. The summed E-state index contributed by atoms with van der Waals surface area (Å²) in [5.41, 5.74) is 2.40. The van der Waals surface area contributed by atoms with Crippen LogP contribution in [-0.4, -0.2) is 68.4 Å². The molecule has 3 heterocycles. The second-order valence-corrected chi connectivity index (χ2v) is 15.5. The van der Waals surface area contributed by atoms with Crippen molar-refractivity contribution in [1.82, 2.24) is 10.0 Å². The maximum Gasteiger partial charge on any atom is 0.264 e. The van der Waals surface area contributed by atoms with Crippen LogP contribution in [0.3, 0.4) is 0 Å². The Bertz CT molecular complexity index is 1510. The predicted molar refractivity (Wildman–Crippen MR) is 173 cm³/mol. The van der Waals surface area contributed by atoms with Crippen LogP contribution in [0.4, 0.5) is 4.39 Å². The zero-order chi connectivity index (χ0) is 33.4. The van der Waals surface area contributed by atoms with Gasteiger partial charge in [0.1, 0.15) is 11.6 Å². The summed E-state index contributed by atoms with van der Waals surface area (Å²) in [7, 11) is -3.90. The van der Waals surface area contributed by atoms with Crippen LogP contribution in [-0.2, 0) is 40.2 Å². The first-order valence-electron chi connectivity index (χ1n) is 16.7. The van der Waals surface area contributed by atoms with Crippen LogP contribution in [0, 0.1) is 11.7 Å². The molecule has 0 spiro atoms. The zero-order valence-electron chi connectivity index (χ0n) is 27.3. The molecule has 2 aliphatic heterocycles. The van der Waals surface area contributed by atoms with E-state index in [2.05, 4.69) is 5.48 Å². The Morgan fingerprint density at radius 3 is 2.32 bits per heavy atom. The van der Waals surface area contributed by atoms with Gasteiger partial charge in [-0.25, -0.2) is 23.1 Å². The molecule has 2 saturated heterocycles. The van der Waals surface area contributed by atoms with Crippen molar-refractivity contribution in [2.45, 2.75) is 108 Å². The molecule has 1 aromatic heterocycles. The van der Waals surface area contributed by atoms with E-state index >= 15 is 4.39 Å². The molecule has 1 aromatic carbocycles. The number of halogens is 1. The van der Waals surface area contributed by atoms with Gasteiger partial charge in [-0.2, -0.15) is 0 Å². The summed E-state index contributed by atoms with van der Waals surface area (Å²) in [6.45, 7) is 3.00. The number of hydrogen-bond donors (Lipinski definition) is 1. The molecule has 0 bridgehead atoms. The highest BCUT2D eigenvalue weighted by molar-refractivity contribution is 7.92. The Kier molecular flexibility index (Phi) is 12.1. The number of benzene rings is 1. The normalized spacial score (nSPS) is 25.1. The van der Waals surface area contributed by atoms with E-state index < -0.39 is 38.2 Å². The minimum atomic E-state index is -3.90. The van der Waals surface area contributed by atoms with E-state index in [-0.39, 0.29) is 30.9 Å². The molecule has 3 aliphatic rings. The standard InChI is InChI=1S/C34H47FN2O9S/c1-34(47(2,40)41,33(39)36-46-32-8-4-6-20-43-32)16-18-37-17-15-25(21-30(37)38)28-14-13-27(22-29(28)35)44-23-24-9-11-26(12-10-24)45-31-7-3-5-19-42-31/h13-15,17,21-22,24,26,31-32H,3-12,16,18-20,23H2,1-2H3,(H,36,39)/t24-,26-,31?,32?,34-/m1/s1. The van der Waals surface area contributed by atoms with Crippen LogP contribution in [0.2, 0.25) is 0 Å². The highest BCUT2D eigenvalue weighted by Gasteiger charge is 2.44. The van der Waals surface area contributed by atoms with Crippen molar-refractivity contribution in [3.63, 3.8) is 0 Å². The lowest BCUT2D eigenvalue weighted by molar-refractivity contribution is -0.201. The van der Waals surface area contributed by atoms with Gasteiger partial charge in [-0.3, -0.25) is 9.59 Å². The molecule has 13 heteroatoms. The topological polar surface area (TPSA) is 131 Å². The fraction of sp³-hybridized carbons (Fsp3) is 0.647. The number of hydroxylamine groups is 1. The fourth-order valence-electron chi connectivity index (χ4n) is 6.19. The molecule has 260 valence electrons. The number of carbonyl (C=O) groups excluding carboxylic acids is 1. The predicted octanol–water partition coefficient (Wildman–Crippen LogP) is 4.90. The van der Waals surface area contributed by atoms with Gasteiger partial charge in [-0.1, -0.05) is 0 Å². The van der Waals surface area contributed by atoms with E-state index in [1.807, 2.05) is 0 Å². The summed E-state index contributed by atoms with van der Waals surface area (Å²) >= 11 is 0. The number of rotatable bonds is 13. The fourth-order valence-corrected chi connectivity index (χ4v) is 7.03. The highest BCUT2D eigenvalue weighted by Crippen LogP contribution is 2.31. The van der Waals surface area contributed by atoms with Crippen molar-refractivity contribution in [2.24, 2.45) is 5.92 Å². The number of pyridine rings is 1. The Labute approximate surface area is 275 Å². The average molecular weight is 679 g/mol. The van der Waals surface area contributed by atoms with Crippen LogP contribution in [0.15, 0.2) is 41.3 Å². The number of amides is 1. The van der Waals surface area contributed by atoms with E-state index in [9.17, 15) is 18.0 Å². The molecular weight excluding hydrogens is 631 g/mol. The summed E-state index contributed by atoms with van der Waals surface area (Å²) in [6, 6.07) is 7.47. The molecule has 11 nitrogen and oxygen atoms in total. The Morgan fingerprint density at radius 2 is 1.70 bits per heavy atom. The molecule has 2 unspecified atom stereocenters. The quantitative estimate of drug-likeness (QED) is 0.294. The van der Waals surface area contributed by atoms with E-state index in [0.29, 0.717) is 36.9 Å². The van der Waals surface area contributed by atoms with Crippen molar-refractivity contribution in [3.05, 3.63) is 52.7 Å². The smallest absolute Gasteiger partial charge is 0.264 e. The molecule has 5 rings (SSSR count). The van der Waals surface area contributed by atoms with Crippen molar-refractivity contribution in [1.29, 1.82) is 0 Å². The van der Waals surface area contributed by atoms with Gasteiger partial charge in [0.25, 0.3) is 11.5 Å². The van der Waals surface area contributed by atoms with E-state index in [4.69, 9.17) is 23.8 Å². The summed E-state index contributed by atoms with van der Waals surface area (Å²) in [6.07, 6.45) is 11.2. The van der Waals surface area contributed by atoms with E-state index in [1.165, 1.54) is 29.8 Å².